The van der Waals surface area contributed by atoms with E-state index in [1.54, 1.807) is 115 Å². The summed E-state index contributed by atoms with van der Waals surface area (Å²) in [5, 5.41) is 25.1. The molecule has 1 unspecified atom stereocenters. The van der Waals surface area contributed by atoms with Gasteiger partial charge < -0.3 is 64.1 Å². The number of aryl methyl sites for hydroxylation is 5. The second kappa shape index (κ2) is 41.6. The Morgan fingerprint density at radius 3 is 1.36 bits per heavy atom. The van der Waals surface area contributed by atoms with Gasteiger partial charge in [-0.3, -0.25) is 47.8 Å². The van der Waals surface area contributed by atoms with E-state index in [1.807, 2.05) is 170 Å². The molecule has 556 valence electrons. The van der Waals surface area contributed by atoms with Crippen LogP contribution in [0.15, 0.2) is 249 Å². The number of benzene rings is 4. The number of aromatic nitrogens is 10. The molecular formula is C80H91N17O10. The number of piperazine rings is 1. The van der Waals surface area contributed by atoms with Gasteiger partial charge in [0.1, 0.15) is 6.04 Å². The summed E-state index contributed by atoms with van der Waals surface area (Å²) in [6, 6.07) is 51.0. The highest BCUT2D eigenvalue weighted by Gasteiger charge is 2.30. The molecule has 7 aromatic heterocycles. The molecule has 6 amide bonds. The van der Waals surface area contributed by atoms with Crippen molar-refractivity contribution in [3.8, 4) is 0 Å². The molecule has 0 saturated carbocycles. The van der Waals surface area contributed by atoms with Crippen LogP contribution < -0.4 is 31.9 Å². The molecule has 1 aliphatic heterocycles. The summed E-state index contributed by atoms with van der Waals surface area (Å²) in [5.74, 6) is -2.83. The average molecular weight is 1450 g/mol. The molecule has 0 aliphatic carbocycles. The van der Waals surface area contributed by atoms with Crippen molar-refractivity contribution in [2.75, 3.05) is 31.5 Å². The first-order valence-electron chi connectivity index (χ1n) is 35.4. The van der Waals surface area contributed by atoms with Crippen LogP contribution in [0.25, 0.3) is 0 Å². The molecule has 12 rings (SSSR count). The standard InChI is InChI=1S/C21H24N4O2.C20H23N5O2.C20H22N4O2.C19H22N4O4/c1-24-11-5-8-19(24)20(26)14-18(9-12-25-13-10-22-16-25)21(27)23-15-17-6-3-2-4-7-17;1-24-11-5-8-18(24)19(26)14-17(9-12-25-13-10-22-23-25)20(27)21-15-16-6-3-2-4-7-16;1-23-10-5-8-18(23)19(25)12-17(14-24-11-9-21-15-24)20(26)22-13-16-6-3-2-4-7-16;24-17(23-10-8-20-9-11-23)13-15(22-19(26)16-7-4-12-27-16)18(25)21-14-5-2-1-3-6-14/h2-8,10-11,13,16,18H,9,12,14-15H2,1H3,(H,23,27);2-8,10-11,13,17H,9,12,14-15H2,1H3,(H,21,27);2-11,15,17H,12-14H2,1H3,(H,22,26);1-7,12,15,20H,8-11,13H2,(H,21,25)(H,22,26)/t18-;2*17-;/m100./s1. The van der Waals surface area contributed by atoms with Crippen LogP contribution in [0.2, 0.25) is 0 Å². The molecule has 4 aromatic carbocycles. The molecule has 1 aliphatic rings. The fourth-order valence-corrected chi connectivity index (χ4v) is 11.7. The molecule has 27 nitrogen and oxygen atoms in total. The quantitative estimate of drug-likeness (QED) is 0.0216. The number of amides is 6. The van der Waals surface area contributed by atoms with Crippen LogP contribution in [-0.4, -0.2) is 138 Å². The van der Waals surface area contributed by atoms with Gasteiger partial charge in [0.25, 0.3) is 5.91 Å². The fourth-order valence-electron chi connectivity index (χ4n) is 11.7. The number of nitrogens with one attached hydrogen (secondary N) is 6. The van der Waals surface area contributed by atoms with E-state index in [2.05, 4.69) is 52.2 Å². The molecule has 4 atom stereocenters. The van der Waals surface area contributed by atoms with Gasteiger partial charge in [0.2, 0.25) is 29.5 Å². The zero-order valence-electron chi connectivity index (χ0n) is 60.2. The van der Waals surface area contributed by atoms with Crippen molar-refractivity contribution in [3.05, 3.63) is 284 Å². The van der Waals surface area contributed by atoms with Crippen LogP contribution in [0.5, 0.6) is 0 Å². The number of para-hydroxylation sites is 1. The summed E-state index contributed by atoms with van der Waals surface area (Å²) in [6.07, 6.45) is 22.1. The minimum atomic E-state index is -1.01. The zero-order valence-corrected chi connectivity index (χ0v) is 60.2. The topological polar surface area (TPSA) is 323 Å². The van der Waals surface area contributed by atoms with Gasteiger partial charge in [-0.1, -0.05) is 114 Å². The van der Waals surface area contributed by atoms with E-state index in [9.17, 15) is 43.2 Å². The number of nitrogens with zero attached hydrogens (tertiary/aromatic N) is 11. The lowest BCUT2D eigenvalue weighted by Gasteiger charge is -2.29. The van der Waals surface area contributed by atoms with E-state index in [4.69, 9.17) is 4.42 Å². The fraction of sp³-hybridized carbons (Fsp3) is 0.287. The lowest BCUT2D eigenvalue weighted by atomic mass is 9.96. The SMILES string of the molecule is Cn1cccc1C(=O)C[C@@H](CCn1ccnc1)C(=O)NCc1ccccc1.Cn1cccc1C(=O)C[C@@H](Cn1ccnc1)C(=O)NCc1ccccc1.Cn1cccc1C(=O)C[C@H](CCn1ccnn1)C(=O)NCc1ccccc1.O=C(NC(CC(=O)N1CCNCC1)C(=O)Nc1ccccc1)c1ccco1. The third kappa shape index (κ3) is 25.6. The van der Waals surface area contributed by atoms with Crippen molar-refractivity contribution in [3.63, 3.8) is 0 Å². The summed E-state index contributed by atoms with van der Waals surface area (Å²) in [4.78, 5) is 123. The van der Waals surface area contributed by atoms with Gasteiger partial charge in [0, 0.05) is 173 Å². The van der Waals surface area contributed by atoms with Crippen molar-refractivity contribution in [1.29, 1.82) is 0 Å². The molecule has 0 bridgehead atoms. The lowest BCUT2D eigenvalue weighted by molar-refractivity contribution is -0.134. The van der Waals surface area contributed by atoms with Crippen molar-refractivity contribution in [1.82, 2.24) is 79.3 Å². The van der Waals surface area contributed by atoms with Crippen LogP contribution >= 0.6 is 0 Å². The first-order chi connectivity index (χ1) is 52.0. The minimum absolute atomic E-state index is 0.0204. The van der Waals surface area contributed by atoms with Gasteiger partial charge in [0.05, 0.1) is 54.5 Å². The van der Waals surface area contributed by atoms with Gasteiger partial charge >= 0.3 is 0 Å². The number of furan rings is 1. The van der Waals surface area contributed by atoms with Crippen molar-refractivity contribution >= 4 is 58.5 Å². The lowest BCUT2D eigenvalue weighted by Crippen LogP contribution is -2.51. The van der Waals surface area contributed by atoms with Gasteiger partial charge in [0.15, 0.2) is 23.1 Å². The molecular weight excluding hydrogens is 1360 g/mol. The number of carbonyl (C=O) groups excluding carboxylic acids is 9. The number of hydrogen-bond acceptors (Lipinski definition) is 15. The smallest absolute Gasteiger partial charge is 0.287 e. The van der Waals surface area contributed by atoms with Crippen molar-refractivity contribution in [2.24, 2.45) is 38.9 Å². The van der Waals surface area contributed by atoms with Crippen molar-refractivity contribution in [2.45, 2.75) is 83.8 Å². The van der Waals surface area contributed by atoms with Gasteiger partial charge in [-0.05, 0) is 90.2 Å². The minimum Gasteiger partial charge on any atom is -0.459 e. The van der Waals surface area contributed by atoms with Crippen molar-refractivity contribution < 1.29 is 47.6 Å². The Morgan fingerprint density at radius 2 is 0.925 bits per heavy atom. The maximum atomic E-state index is 12.8. The largest absolute Gasteiger partial charge is 0.459 e. The summed E-state index contributed by atoms with van der Waals surface area (Å²) < 4.78 is 15.8. The van der Waals surface area contributed by atoms with E-state index < -0.39 is 35.6 Å². The summed E-state index contributed by atoms with van der Waals surface area (Å²) in [7, 11) is 5.49. The molecule has 11 aromatic rings. The molecule has 107 heavy (non-hydrogen) atoms. The Bertz CT molecular complexity index is 4370. The third-order valence-electron chi connectivity index (χ3n) is 17.7. The highest BCUT2D eigenvalue weighted by atomic mass is 16.3. The second-order valence-corrected chi connectivity index (χ2v) is 25.6. The summed E-state index contributed by atoms with van der Waals surface area (Å²) >= 11 is 0. The van der Waals surface area contributed by atoms with Gasteiger partial charge in [-0.25, -0.2) is 9.97 Å². The summed E-state index contributed by atoms with van der Waals surface area (Å²) in [6.45, 7) is 5.52. The predicted octanol–water partition coefficient (Wildman–Crippen LogP) is 8.30. The average Bonchev–Trinajstić information content (AvgIpc) is 1.86. The van der Waals surface area contributed by atoms with E-state index >= 15 is 0 Å². The normalized spacial score (nSPS) is 12.7. The molecule has 1 fully saturated rings. The Kier molecular flexibility index (Phi) is 30.5. The Labute approximate surface area is 620 Å². The highest BCUT2D eigenvalue weighted by molar-refractivity contribution is 6.02. The number of imidazole rings is 2. The van der Waals surface area contributed by atoms with Crippen LogP contribution in [-0.2, 0) is 84.4 Å². The van der Waals surface area contributed by atoms with Crippen LogP contribution in [0.1, 0.15) is 97.2 Å². The van der Waals surface area contributed by atoms with Crippen LogP contribution in [0.4, 0.5) is 5.69 Å². The molecule has 0 spiro atoms. The number of rotatable bonds is 32. The first-order valence-corrected chi connectivity index (χ1v) is 35.4. The number of carbonyl (C=O) groups is 9. The summed E-state index contributed by atoms with van der Waals surface area (Å²) in [5.41, 5.74) is 5.51. The molecule has 8 heterocycles. The van der Waals surface area contributed by atoms with E-state index in [0.29, 0.717) is 101 Å². The van der Waals surface area contributed by atoms with Crippen LogP contribution in [0, 0.1) is 17.8 Å². The van der Waals surface area contributed by atoms with Gasteiger partial charge in [-0.2, -0.15) is 0 Å². The zero-order chi connectivity index (χ0) is 75.5. The molecule has 27 heteroatoms. The van der Waals surface area contributed by atoms with Gasteiger partial charge in [-0.15, -0.1) is 5.10 Å². The highest BCUT2D eigenvalue weighted by Crippen LogP contribution is 2.20. The Balaban J connectivity index is 0.000000165. The van der Waals surface area contributed by atoms with Crippen LogP contribution in [0.3, 0.4) is 0 Å². The molecule has 1 saturated heterocycles. The van der Waals surface area contributed by atoms with E-state index in [-0.39, 0.29) is 72.4 Å². The maximum absolute atomic E-state index is 12.8. The number of anilines is 1. The monoisotopic (exact) mass is 1450 g/mol. The molecule has 0 radical (unpaired) electrons. The molecule has 6 N–H and O–H groups in total. The first kappa shape index (κ1) is 78.5. The number of ketones is 3. The second-order valence-electron chi connectivity index (χ2n) is 25.6. The predicted molar refractivity (Wildman–Crippen MR) is 401 cm³/mol. The number of Topliss-reactive ketones (excluding diaryl/α,β-unsaturated/α-hetero) is 3. The third-order valence-corrected chi connectivity index (χ3v) is 17.7. The number of hydrogen-bond donors (Lipinski definition) is 6. The Morgan fingerprint density at radius 1 is 0.467 bits per heavy atom. The maximum Gasteiger partial charge on any atom is 0.287 e. The van der Waals surface area contributed by atoms with E-state index in [0.717, 1.165) is 16.7 Å². The Hall–Kier alpha value is -12.7. The van der Waals surface area contributed by atoms with E-state index in [1.165, 1.54) is 12.3 Å².